The van der Waals surface area contributed by atoms with E-state index in [2.05, 4.69) is 32.2 Å². The maximum Gasteiger partial charge on any atom is 0.120 e. The number of nitrogens with zero attached hydrogens (tertiary/aromatic N) is 4. The van der Waals surface area contributed by atoms with Crippen LogP contribution in [0.2, 0.25) is 0 Å². The SMILES string of the molecule is N#Cc1cc(OCCBr)ccc1-n1nccn1. The van der Waals surface area contributed by atoms with Gasteiger partial charge >= 0.3 is 0 Å². The number of nitriles is 1. The van der Waals surface area contributed by atoms with Gasteiger partial charge in [-0.2, -0.15) is 20.3 Å². The van der Waals surface area contributed by atoms with E-state index in [1.165, 1.54) is 4.80 Å². The molecular weight excluding hydrogens is 284 g/mol. The zero-order chi connectivity index (χ0) is 12.1. The van der Waals surface area contributed by atoms with Crippen LogP contribution in [-0.2, 0) is 0 Å². The summed E-state index contributed by atoms with van der Waals surface area (Å²) < 4.78 is 5.42. The Hall–Kier alpha value is -1.87. The van der Waals surface area contributed by atoms with Crippen molar-refractivity contribution >= 4 is 15.9 Å². The lowest BCUT2D eigenvalue weighted by atomic mass is 10.2. The molecule has 6 heteroatoms. The van der Waals surface area contributed by atoms with E-state index in [0.717, 1.165) is 5.33 Å². The molecule has 0 bridgehead atoms. The third kappa shape index (κ3) is 2.63. The molecule has 0 spiro atoms. The van der Waals surface area contributed by atoms with E-state index in [-0.39, 0.29) is 0 Å². The van der Waals surface area contributed by atoms with Gasteiger partial charge in [-0.3, -0.25) is 0 Å². The van der Waals surface area contributed by atoms with E-state index in [9.17, 15) is 0 Å². The molecule has 0 fully saturated rings. The minimum Gasteiger partial charge on any atom is -0.493 e. The average molecular weight is 293 g/mol. The van der Waals surface area contributed by atoms with Crippen LogP contribution in [0.1, 0.15) is 5.56 Å². The standard InChI is InChI=1S/C11H9BrN4O/c12-3-6-17-10-1-2-11(9(7-10)8-13)16-14-4-5-15-16/h1-2,4-5,7H,3,6H2. The number of alkyl halides is 1. The van der Waals surface area contributed by atoms with Crippen LogP contribution in [0.15, 0.2) is 30.6 Å². The molecule has 0 aliphatic heterocycles. The van der Waals surface area contributed by atoms with Crippen LogP contribution in [-0.4, -0.2) is 26.9 Å². The van der Waals surface area contributed by atoms with Gasteiger partial charge in [0.25, 0.3) is 0 Å². The van der Waals surface area contributed by atoms with Crippen molar-refractivity contribution in [2.45, 2.75) is 0 Å². The van der Waals surface area contributed by atoms with Crippen LogP contribution in [0.25, 0.3) is 5.69 Å². The zero-order valence-electron chi connectivity index (χ0n) is 8.88. The first-order valence-corrected chi connectivity index (χ1v) is 6.07. The molecule has 0 saturated heterocycles. The molecule has 0 unspecified atom stereocenters. The highest BCUT2D eigenvalue weighted by Gasteiger charge is 2.07. The lowest BCUT2D eigenvalue weighted by Gasteiger charge is -2.07. The number of rotatable bonds is 4. The highest BCUT2D eigenvalue weighted by molar-refractivity contribution is 9.09. The van der Waals surface area contributed by atoms with Gasteiger partial charge in [-0.25, -0.2) is 0 Å². The Kier molecular flexibility index (Phi) is 3.73. The molecule has 1 heterocycles. The quantitative estimate of drug-likeness (QED) is 0.808. The topological polar surface area (TPSA) is 63.7 Å². The van der Waals surface area contributed by atoms with E-state index >= 15 is 0 Å². The summed E-state index contributed by atoms with van der Waals surface area (Å²) in [4.78, 5) is 1.41. The van der Waals surface area contributed by atoms with Gasteiger partial charge in [0.2, 0.25) is 0 Å². The third-order valence-electron chi connectivity index (χ3n) is 2.07. The summed E-state index contributed by atoms with van der Waals surface area (Å²) >= 11 is 3.27. The Bertz CT molecular complexity index is 533. The second kappa shape index (κ2) is 5.46. The fraction of sp³-hybridized carbons (Fsp3) is 0.182. The molecule has 86 valence electrons. The summed E-state index contributed by atoms with van der Waals surface area (Å²) in [6.07, 6.45) is 3.13. The van der Waals surface area contributed by atoms with Crippen LogP contribution in [0.5, 0.6) is 5.75 Å². The largest absolute Gasteiger partial charge is 0.493 e. The number of ether oxygens (including phenoxy) is 1. The molecule has 0 saturated carbocycles. The number of hydrogen-bond acceptors (Lipinski definition) is 4. The summed E-state index contributed by atoms with van der Waals surface area (Å²) in [6, 6.07) is 7.35. The van der Waals surface area contributed by atoms with Crippen LogP contribution < -0.4 is 4.74 Å². The van der Waals surface area contributed by atoms with Crippen LogP contribution >= 0.6 is 15.9 Å². The highest BCUT2D eigenvalue weighted by Crippen LogP contribution is 2.19. The number of benzene rings is 1. The maximum absolute atomic E-state index is 9.08. The Morgan fingerprint density at radius 2 is 2.12 bits per heavy atom. The number of aromatic nitrogens is 3. The summed E-state index contributed by atoms with van der Waals surface area (Å²) in [5.74, 6) is 0.664. The zero-order valence-corrected chi connectivity index (χ0v) is 10.5. The Balaban J connectivity index is 2.33. The molecular formula is C11H9BrN4O. The minimum atomic E-state index is 0.480. The van der Waals surface area contributed by atoms with Crippen molar-refractivity contribution in [1.82, 2.24) is 15.0 Å². The van der Waals surface area contributed by atoms with Crippen molar-refractivity contribution in [2.75, 3.05) is 11.9 Å². The van der Waals surface area contributed by atoms with E-state index in [1.54, 1.807) is 30.6 Å². The van der Waals surface area contributed by atoms with Crippen LogP contribution in [0.3, 0.4) is 0 Å². The van der Waals surface area contributed by atoms with Crippen molar-refractivity contribution in [3.63, 3.8) is 0 Å². The molecule has 5 nitrogen and oxygen atoms in total. The first kappa shape index (κ1) is 11.6. The van der Waals surface area contributed by atoms with Gasteiger partial charge in [-0.1, -0.05) is 15.9 Å². The fourth-order valence-corrected chi connectivity index (χ4v) is 1.53. The molecule has 1 aromatic heterocycles. The van der Waals surface area contributed by atoms with Crippen molar-refractivity contribution < 1.29 is 4.74 Å². The molecule has 0 aliphatic rings. The minimum absolute atomic E-state index is 0.480. The van der Waals surface area contributed by atoms with Crippen molar-refractivity contribution in [2.24, 2.45) is 0 Å². The smallest absolute Gasteiger partial charge is 0.120 e. The first-order valence-electron chi connectivity index (χ1n) is 4.95. The third-order valence-corrected chi connectivity index (χ3v) is 2.39. The van der Waals surface area contributed by atoms with Gasteiger partial charge in [0.15, 0.2) is 0 Å². The van der Waals surface area contributed by atoms with Gasteiger partial charge in [0.1, 0.15) is 17.5 Å². The maximum atomic E-state index is 9.08. The molecule has 0 amide bonds. The van der Waals surface area contributed by atoms with Crippen molar-refractivity contribution in [3.8, 4) is 17.5 Å². The Labute approximate surface area is 107 Å². The Morgan fingerprint density at radius 3 is 2.76 bits per heavy atom. The molecule has 2 rings (SSSR count). The van der Waals surface area contributed by atoms with E-state index in [1.807, 2.05) is 0 Å². The summed E-state index contributed by atoms with van der Waals surface area (Å²) in [5, 5.41) is 17.8. The number of halogens is 1. The molecule has 0 atom stereocenters. The number of hydrogen-bond donors (Lipinski definition) is 0. The normalized spacial score (nSPS) is 9.88. The second-order valence-electron chi connectivity index (χ2n) is 3.15. The molecule has 1 aromatic carbocycles. The average Bonchev–Trinajstić information content (AvgIpc) is 2.89. The summed E-state index contributed by atoms with van der Waals surface area (Å²) in [6.45, 7) is 0.560. The van der Waals surface area contributed by atoms with Gasteiger partial charge in [0, 0.05) is 11.4 Å². The molecule has 2 aromatic rings. The van der Waals surface area contributed by atoms with Crippen molar-refractivity contribution in [1.29, 1.82) is 5.26 Å². The molecule has 17 heavy (non-hydrogen) atoms. The summed E-state index contributed by atoms with van der Waals surface area (Å²) in [5.41, 5.74) is 1.12. The fourth-order valence-electron chi connectivity index (χ4n) is 1.37. The first-order chi connectivity index (χ1) is 8.35. The molecule has 0 aliphatic carbocycles. The molecule has 0 N–H and O–H groups in total. The molecule has 0 radical (unpaired) electrons. The monoisotopic (exact) mass is 292 g/mol. The predicted octanol–water partition coefficient (Wildman–Crippen LogP) is 1.91. The van der Waals surface area contributed by atoms with Gasteiger partial charge in [-0.15, -0.1) is 0 Å². The second-order valence-corrected chi connectivity index (χ2v) is 3.94. The van der Waals surface area contributed by atoms with Gasteiger partial charge in [-0.05, 0) is 12.1 Å². The lowest BCUT2D eigenvalue weighted by molar-refractivity contribution is 0.345. The van der Waals surface area contributed by atoms with Crippen LogP contribution in [0.4, 0.5) is 0 Å². The lowest BCUT2D eigenvalue weighted by Crippen LogP contribution is -2.03. The highest BCUT2D eigenvalue weighted by atomic mass is 79.9. The summed E-state index contributed by atoms with van der Waals surface area (Å²) in [7, 11) is 0. The van der Waals surface area contributed by atoms with Crippen molar-refractivity contribution in [3.05, 3.63) is 36.2 Å². The van der Waals surface area contributed by atoms with E-state index in [0.29, 0.717) is 23.6 Å². The van der Waals surface area contributed by atoms with E-state index in [4.69, 9.17) is 10.00 Å². The van der Waals surface area contributed by atoms with Gasteiger partial charge in [0.05, 0.1) is 24.6 Å². The van der Waals surface area contributed by atoms with Gasteiger partial charge < -0.3 is 4.74 Å². The van der Waals surface area contributed by atoms with E-state index < -0.39 is 0 Å². The Morgan fingerprint density at radius 1 is 1.35 bits per heavy atom. The predicted molar refractivity (Wildman–Crippen MR) is 65.4 cm³/mol. The van der Waals surface area contributed by atoms with Crippen LogP contribution in [0, 0.1) is 11.3 Å².